The maximum atomic E-state index is 12.2. The van der Waals surface area contributed by atoms with Crippen LogP contribution < -0.4 is 4.74 Å². The molecule has 0 radical (unpaired) electrons. The number of carbonyl (C=O) groups is 1. The van der Waals surface area contributed by atoms with E-state index >= 15 is 0 Å². The Labute approximate surface area is 137 Å². The van der Waals surface area contributed by atoms with Gasteiger partial charge in [0.05, 0.1) is 19.8 Å². The molecule has 126 valence electrons. The molecule has 5 nitrogen and oxygen atoms in total. The molecule has 0 saturated heterocycles. The maximum Gasteiger partial charge on any atom is 0.410 e. The van der Waals surface area contributed by atoms with Gasteiger partial charge in [0.15, 0.2) is 0 Å². The zero-order valence-corrected chi connectivity index (χ0v) is 14.3. The molecule has 1 aromatic rings. The fourth-order valence-electron chi connectivity index (χ4n) is 3.09. The van der Waals surface area contributed by atoms with Gasteiger partial charge in [-0.3, -0.25) is 0 Å². The summed E-state index contributed by atoms with van der Waals surface area (Å²) in [4.78, 5) is 13.8. The van der Waals surface area contributed by atoms with Crippen LogP contribution in [0.5, 0.6) is 5.75 Å². The van der Waals surface area contributed by atoms with Gasteiger partial charge in [-0.2, -0.15) is 0 Å². The molecule has 2 heterocycles. The van der Waals surface area contributed by atoms with Gasteiger partial charge in [-0.15, -0.1) is 0 Å². The summed E-state index contributed by atoms with van der Waals surface area (Å²) in [5, 5.41) is 0. The molecule has 0 fully saturated rings. The number of likely N-dealkylation sites (N-methyl/N-ethyl adjacent to an activating group) is 1. The van der Waals surface area contributed by atoms with Gasteiger partial charge in [0.1, 0.15) is 17.5 Å². The number of hydrogen-bond acceptors (Lipinski definition) is 4. The Hall–Kier alpha value is -1.75. The van der Waals surface area contributed by atoms with E-state index in [4.69, 9.17) is 14.2 Å². The van der Waals surface area contributed by atoms with Gasteiger partial charge in [-0.1, -0.05) is 12.1 Å². The lowest BCUT2D eigenvalue weighted by atomic mass is 9.93. The van der Waals surface area contributed by atoms with Crippen molar-refractivity contribution in [1.29, 1.82) is 0 Å². The normalized spacial score (nSPS) is 19.6. The zero-order valence-electron chi connectivity index (χ0n) is 14.3. The molecule has 1 aromatic carbocycles. The summed E-state index contributed by atoms with van der Waals surface area (Å²) >= 11 is 0. The monoisotopic (exact) mass is 319 g/mol. The van der Waals surface area contributed by atoms with Crippen LogP contribution in [0.25, 0.3) is 0 Å². The highest BCUT2D eigenvalue weighted by Gasteiger charge is 2.31. The molecule has 0 saturated carbocycles. The number of amides is 1. The van der Waals surface area contributed by atoms with Crippen LogP contribution in [0.4, 0.5) is 4.79 Å². The molecule has 2 aliphatic heterocycles. The van der Waals surface area contributed by atoms with Crippen LogP contribution in [-0.2, 0) is 22.3 Å². The van der Waals surface area contributed by atoms with Gasteiger partial charge in [0.25, 0.3) is 0 Å². The van der Waals surface area contributed by atoms with Gasteiger partial charge in [-0.05, 0) is 38.3 Å². The van der Waals surface area contributed by atoms with Crippen LogP contribution in [-0.4, -0.2) is 43.4 Å². The molecule has 1 atom stereocenters. The van der Waals surface area contributed by atoms with Gasteiger partial charge in [0, 0.05) is 19.0 Å². The SMILES string of the molecule is CN(CC1OCCc2ccc3c(c21)OCC3)C(=O)OC(C)(C)C. The van der Waals surface area contributed by atoms with Crippen molar-refractivity contribution in [2.75, 3.05) is 26.8 Å². The minimum Gasteiger partial charge on any atom is -0.493 e. The van der Waals surface area contributed by atoms with E-state index in [-0.39, 0.29) is 12.2 Å². The molecular formula is C18H25NO4. The summed E-state index contributed by atoms with van der Waals surface area (Å²) < 4.78 is 17.2. The topological polar surface area (TPSA) is 48.0 Å². The summed E-state index contributed by atoms with van der Waals surface area (Å²) in [6.07, 6.45) is 1.33. The molecular weight excluding hydrogens is 294 g/mol. The molecule has 1 unspecified atom stereocenters. The van der Waals surface area contributed by atoms with Gasteiger partial charge >= 0.3 is 6.09 Å². The van der Waals surface area contributed by atoms with Gasteiger partial charge in [0.2, 0.25) is 0 Å². The Morgan fingerprint density at radius 1 is 1.26 bits per heavy atom. The van der Waals surface area contributed by atoms with E-state index < -0.39 is 5.60 Å². The predicted molar refractivity (Wildman–Crippen MR) is 86.9 cm³/mol. The minimum atomic E-state index is -0.499. The first-order chi connectivity index (χ1) is 10.8. The molecule has 3 rings (SSSR count). The summed E-state index contributed by atoms with van der Waals surface area (Å²) in [6, 6.07) is 4.33. The molecule has 23 heavy (non-hydrogen) atoms. The Morgan fingerprint density at radius 2 is 1.96 bits per heavy atom. The Bertz CT molecular complexity index is 606. The van der Waals surface area contributed by atoms with E-state index in [1.165, 1.54) is 11.1 Å². The van der Waals surface area contributed by atoms with Crippen LogP contribution in [0.1, 0.15) is 43.6 Å². The first kappa shape index (κ1) is 16.1. The summed E-state index contributed by atoms with van der Waals surface area (Å²) in [6.45, 7) is 7.45. The Morgan fingerprint density at radius 3 is 2.70 bits per heavy atom. The zero-order chi connectivity index (χ0) is 16.6. The molecule has 0 aromatic heterocycles. The van der Waals surface area contributed by atoms with E-state index in [2.05, 4.69) is 12.1 Å². The van der Waals surface area contributed by atoms with Gasteiger partial charge < -0.3 is 19.1 Å². The second-order valence-electron chi connectivity index (χ2n) is 7.20. The summed E-state index contributed by atoms with van der Waals surface area (Å²) in [5.74, 6) is 0.963. The quantitative estimate of drug-likeness (QED) is 0.840. The Balaban J connectivity index is 1.78. The van der Waals surface area contributed by atoms with Crippen molar-refractivity contribution in [3.63, 3.8) is 0 Å². The predicted octanol–water partition coefficient (Wildman–Crippen LogP) is 3.10. The molecule has 0 N–H and O–H groups in total. The standard InChI is InChI=1S/C18H25NO4/c1-18(2,3)23-17(20)19(4)11-14-15-12(7-9-21-14)5-6-13-8-10-22-16(13)15/h5-6,14H,7-11H2,1-4H3. The molecule has 1 amide bonds. The highest BCUT2D eigenvalue weighted by Crippen LogP contribution is 2.40. The largest absolute Gasteiger partial charge is 0.493 e. The average Bonchev–Trinajstić information content (AvgIpc) is 2.94. The number of ether oxygens (including phenoxy) is 3. The van der Waals surface area contributed by atoms with Crippen molar-refractivity contribution >= 4 is 6.09 Å². The third-order valence-electron chi connectivity index (χ3n) is 4.14. The highest BCUT2D eigenvalue weighted by atomic mass is 16.6. The molecule has 5 heteroatoms. The molecule has 2 aliphatic rings. The van der Waals surface area contributed by atoms with E-state index in [1.54, 1.807) is 11.9 Å². The third-order valence-corrected chi connectivity index (χ3v) is 4.14. The van der Waals surface area contributed by atoms with Crippen molar-refractivity contribution in [3.8, 4) is 5.75 Å². The lowest BCUT2D eigenvalue weighted by molar-refractivity contribution is -0.00249. The van der Waals surface area contributed by atoms with Crippen molar-refractivity contribution in [3.05, 3.63) is 28.8 Å². The number of benzene rings is 1. The number of carbonyl (C=O) groups excluding carboxylic acids is 1. The van der Waals surface area contributed by atoms with Crippen molar-refractivity contribution in [2.24, 2.45) is 0 Å². The lowest BCUT2D eigenvalue weighted by Crippen LogP contribution is -2.38. The Kier molecular flexibility index (Phi) is 4.23. The maximum absolute atomic E-state index is 12.2. The molecule has 0 aliphatic carbocycles. The second-order valence-corrected chi connectivity index (χ2v) is 7.20. The van der Waals surface area contributed by atoms with E-state index in [0.717, 1.165) is 30.8 Å². The number of hydrogen-bond donors (Lipinski definition) is 0. The smallest absolute Gasteiger partial charge is 0.410 e. The minimum absolute atomic E-state index is 0.163. The third kappa shape index (κ3) is 3.44. The number of fused-ring (bicyclic) bond motifs is 3. The summed E-state index contributed by atoms with van der Waals surface area (Å²) in [5.41, 5.74) is 3.11. The van der Waals surface area contributed by atoms with Gasteiger partial charge in [-0.25, -0.2) is 4.79 Å². The van der Waals surface area contributed by atoms with Crippen LogP contribution in [0.3, 0.4) is 0 Å². The van der Waals surface area contributed by atoms with Crippen LogP contribution in [0.15, 0.2) is 12.1 Å². The van der Waals surface area contributed by atoms with E-state index in [0.29, 0.717) is 13.2 Å². The van der Waals surface area contributed by atoms with Crippen LogP contribution >= 0.6 is 0 Å². The first-order valence-electron chi connectivity index (χ1n) is 8.18. The van der Waals surface area contributed by atoms with Crippen molar-refractivity contribution in [1.82, 2.24) is 4.90 Å². The second kappa shape index (κ2) is 6.04. The first-order valence-corrected chi connectivity index (χ1v) is 8.18. The summed E-state index contributed by atoms with van der Waals surface area (Å²) in [7, 11) is 1.75. The highest BCUT2D eigenvalue weighted by molar-refractivity contribution is 5.68. The fourth-order valence-corrected chi connectivity index (χ4v) is 3.09. The number of nitrogens with zero attached hydrogens (tertiary/aromatic N) is 1. The average molecular weight is 319 g/mol. The van der Waals surface area contributed by atoms with Crippen molar-refractivity contribution < 1.29 is 19.0 Å². The van der Waals surface area contributed by atoms with Crippen LogP contribution in [0, 0.1) is 0 Å². The fraction of sp³-hybridized carbons (Fsp3) is 0.611. The van der Waals surface area contributed by atoms with Crippen molar-refractivity contribution in [2.45, 2.75) is 45.3 Å². The molecule has 0 spiro atoms. The number of rotatable bonds is 2. The lowest BCUT2D eigenvalue weighted by Gasteiger charge is -2.31. The van der Waals surface area contributed by atoms with E-state index in [1.807, 2.05) is 20.8 Å². The molecule has 0 bridgehead atoms. The van der Waals surface area contributed by atoms with E-state index in [9.17, 15) is 4.79 Å². The van der Waals surface area contributed by atoms with Crippen LogP contribution in [0.2, 0.25) is 0 Å².